The molecule has 3 N–H and O–H groups in total. The van der Waals surface area contributed by atoms with Crippen LogP contribution in [0, 0.1) is 63.6 Å². The van der Waals surface area contributed by atoms with Gasteiger partial charge in [-0.2, -0.15) is 0 Å². The quantitative estimate of drug-likeness (QED) is 0.226. The number of aliphatic hydroxyl groups excluding tert-OH is 2. The first-order valence-electron chi connectivity index (χ1n) is 17.5. The van der Waals surface area contributed by atoms with Gasteiger partial charge in [0, 0.05) is 49.4 Å². The summed E-state index contributed by atoms with van der Waals surface area (Å²) in [6, 6.07) is 0. The summed E-state index contributed by atoms with van der Waals surface area (Å²) in [5, 5.41) is 37.7. The van der Waals surface area contributed by atoms with E-state index < -0.39 is 118 Å². The fourth-order valence-electron chi connectivity index (χ4n) is 13.8. The Bertz CT molecular complexity index is 1490. The van der Waals surface area contributed by atoms with Crippen LogP contribution in [0.5, 0.6) is 0 Å². The summed E-state index contributed by atoms with van der Waals surface area (Å²) in [5.74, 6) is -6.40. The molecule has 266 valence electrons. The van der Waals surface area contributed by atoms with Crippen LogP contribution in [-0.4, -0.2) is 93.4 Å². The van der Waals surface area contributed by atoms with Gasteiger partial charge in [0.2, 0.25) is 5.79 Å². The molecule has 0 aromatic rings. The summed E-state index contributed by atoms with van der Waals surface area (Å²) in [5.41, 5.74) is -4.58. The molecule has 48 heavy (non-hydrogen) atoms. The zero-order valence-electron chi connectivity index (χ0n) is 29.2. The molecule has 3 heterocycles. The molecule has 12 heteroatoms. The largest absolute Gasteiger partial charge is 0.462 e. The number of hydrogen-bond donors (Lipinski definition) is 3. The lowest BCUT2D eigenvalue weighted by Gasteiger charge is -2.67. The molecular formula is C36H50O12. The topological polar surface area (TPSA) is 174 Å². The van der Waals surface area contributed by atoms with Crippen LogP contribution in [0.15, 0.2) is 12.3 Å². The number of rotatable bonds is 3. The molecule has 1 unspecified atom stereocenters. The van der Waals surface area contributed by atoms with Gasteiger partial charge in [-0.15, -0.1) is 0 Å². The van der Waals surface area contributed by atoms with Crippen LogP contribution in [0.2, 0.25) is 0 Å². The second kappa shape index (κ2) is 9.54. The molecule has 12 nitrogen and oxygen atoms in total. The first-order valence-corrected chi connectivity index (χ1v) is 17.5. The van der Waals surface area contributed by atoms with E-state index in [2.05, 4.69) is 13.5 Å². The van der Waals surface area contributed by atoms with Gasteiger partial charge in [0.15, 0.2) is 0 Å². The molecule has 0 radical (unpaired) electrons. The van der Waals surface area contributed by atoms with E-state index in [9.17, 15) is 29.7 Å². The van der Waals surface area contributed by atoms with E-state index >= 15 is 0 Å². The molecule has 5 aliphatic carbocycles. The average molecular weight is 675 g/mol. The van der Waals surface area contributed by atoms with E-state index in [0.717, 1.165) is 0 Å². The zero-order valence-corrected chi connectivity index (χ0v) is 29.2. The van der Waals surface area contributed by atoms with Crippen molar-refractivity contribution in [2.75, 3.05) is 0 Å². The Labute approximate surface area is 280 Å². The number of aliphatic hydroxyl groups is 3. The smallest absolute Gasteiger partial charge is 0.303 e. The van der Waals surface area contributed by atoms with Gasteiger partial charge in [0.05, 0.1) is 23.7 Å². The Hall–Kier alpha value is -2.25. The molecule has 8 rings (SSSR count). The van der Waals surface area contributed by atoms with Gasteiger partial charge in [0.1, 0.15) is 41.9 Å². The van der Waals surface area contributed by atoms with Crippen LogP contribution < -0.4 is 0 Å². The first kappa shape index (κ1) is 32.9. The highest BCUT2D eigenvalue weighted by atomic mass is 16.8. The molecule has 1 spiro atoms. The Morgan fingerprint density at radius 3 is 2.02 bits per heavy atom. The third-order valence-electron chi connectivity index (χ3n) is 15.5. The van der Waals surface area contributed by atoms with Gasteiger partial charge >= 0.3 is 17.9 Å². The molecule has 0 aromatic heterocycles. The van der Waals surface area contributed by atoms with Crippen LogP contribution in [0.25, 0.3) is 0 Å². The van der Waals surface area contributed by atoms with E-state index in [1.807, 2.05) is 27.7 Å². The van der Waals surface area contributed by atoms with E-state index in [1.165, 1.54) is 20.8 Å². The summed E-state index contributed by atoms with van der Waals surface area (Å²) in [6.07, 6.45) is -5.29. The Kier molecular flexibility index (Phi) is 6.54. The molecule has 8 aliphatic rings. The second-order valence-corrected chi connectivity index (χ2v) is 17.2. The summed E-state index contributed by atoms with van der Waals surface area (Å²) >= 11 is 0. The SMILES string of the molecule is C=C1O[C@]23O[C@H]2[C@@H](C)[C@H]2[C@@H]([C@H](O)[C@H]4[C@H]5C([C@H](C)[C@H](OC(C)=O)[C@@]42C)[C@]2(C)[C@H](C[C@@H]4O[C@@H]4[C@@H]2OC(C)=O)[C@H](OC(C)=O)[C@@H]5O)[C@@]3(C)[C@]1(C)O. The highest BCUT2D eigenvalue weighted by Gasteiger charge is 2.91. The van der Waals surface area contributed by atoms with Crippen molar-refractivity contribution in [3.05, 3.63) is 12.3 Å². The number of fused-ring (bicyclic) bond motifs is 9. The van der Waals surface area contributed by atoms with Crippen LogP contribution in [0.4, 0.5) is 0 Å². The van der Waals surface area contributed by atoms with Crippen molar-refractivity contribution in [2.24, 2.45) is 63.6 Å². The fourth-order valence-corrected chi connectivity index (χ4v) is 13.8. The van der Waals surface area contributed by atoms with E-state index in [1.54, 1.807) is 6.92 Å². The highest BCUT2D eigenvalue weighted by molar-refractivity contribution is 5.67. The normalized spacial score (nSPS) is 61.1. The Morgan fingerprint density at radius 1 is 0.812 bits per heavy atom. The van der Waals surface area contributed by atoms with Gasteiger partial charge in [-0.3, -0.25) is 14.4 Å². The van der Waals surface area contributed by atoms with Crippen LogP contribution in [0.1, 0.15) is 68.7 Å². The fraction of sp³-hybridized carbons (Fsp3) is 0.861. The van der Waals surface area contributed by atoms with Crippen molar-refractivity contribution in [3.8, 4) is 0 Å². The van der Waals surface area contributed by atoms with Crippen molar-refractivity contribution in [1.29, 1.82) is 0 Å². The zero-order chi connectivity index (χ0) is 35.0. The molecular weight excluding hydrogens is 624 g/mol. The lowest BCUT2D eigenvalue weighted by atomic mass is 9.39. The first-order chi connectivity index (χ1) is 22.2. The summed E-state index contributed by atoms with van der Waals surface area (Å²) < 4.78 is 37.2. The van der Waals surface area contributed by atoms with Gasteiger partial charge in [-0.05, 0) is 49.9 Å². The number of esters is 3. The molecule has 8 fully saturated rings. The van der Waals surface area contributed by atoms with Gasteiger partial charge in [0.25, 0.3) is 0 Å². The van der Waals surface area contributed by atoms with Gasteiger partial charge < -0.3 is 43.7 Å². The molecule has 21 atom stereocenters. The lowest BCUT2D eigenvalue weighted by Crippen LogP contribution is -2.73. The van der Waals surface area contributed by atoms with E-state index in [4.69, 9.17) is 28.4 Å². The number of carbonyl (C=O) groups is 3. The molecule has 3 saturated heterocycles. The maximum atomic E-state index is 13.0. The van der Waals surface area contributed by atoms with E-state index in [-0.39, 0.29) is 29.8 Å². The lowest BCUT2D eigenvalue weighted by molar-refractivity contribution is -0.286. The molecule has 0 aromatic carbocycles. The van der Waals surface area contributed by atoms with Crippen LogP contribution >= 0.6 is 0 Å². The predicted octanol–water partition coefficient (Wildman–Crippen LogP) is 2.11. The molecule has 0 bridgehead atoms. The average Bonchev–Trinajstić information content (AvgIpc) is 3.88. The maximum absolute atomic E-state index is 13.0. The number of carbonyl (C=O) groups excluding carboxylic acids is 3. The second-order valence-electron chi connectivity index (χ2n) is 17.2. The van der Waals surface area contributed by atoms with Gasteiger partial charge in [-0.1, -0.05) is 34.3 Å². The molecule has 5 saturated carbocycles. The molecule has 3 aliphatic heterocycles. The Balaban J connectivity index is 1.35. The monoisotopic (exact) mass is 674 g/mol. The van der Waals surface area contributed by atoms with Gasteiger partial charge in [-0.25, -0.2) is 0 Å². The van der Waals surface area contributed by atoms with Crippen molar-refractivity contribution in [1.82, 2.24) is 0 Å². The summed E-state index contributed by atoms with van der Waals surface area (Å²) in [6.45, 7) is 19.8. The van der Waals surface area contributed by atoms with Crippen molar-refractivity contribution in [3.63, 3.8) is 0 Å². The number of epoxide rings is 2. The van der Waals surface area contributed by atoms with Crippen LogP contribution in [0.3, 0.4) is 0 Å². The molecule has 0 amide bonds. The maximum Gasteiger partial charge on any atom is 0.303 e. The number of ether oxygens (including phenoxy) is 6. The highest BCUT2D eigenvalue weighted by Crippen LogP contribution is 2.82. The van der Waals surface area contributed by atoms with E-state index in [0.29, 0.717) is 6.42 Å². The van der Waals surface area contributed by atoms with Crippen molar-refractivity contribution >= 4 is 17.9 Å². The van der Waals surface area contributed by atoms with Crippen LogP contribution in [-0.2, 0) is 42.8 Å². The third-order valence-corrected chi connectivity index (χ3v) is 15.5. The minimum Gasteiger partial charge on any atom is -0.462 e. The minimum atomic E-state index is -1.58. The number of hydrogen-bond acceptors (Lipinski definition) is 12. The third kappa shape index (κ3) is 3.47. The predicted molar refractivity (Wildman–Crippen MR) is 164 cm³/mol. The minimum absolute atomic E-state index is 0.170. The van der Waals surface area contributed by atoms with Crippen molar-refractivity contribution in [2.45, 2.75) is 129 Å². The van der Waals surface area contributed by atoms with Crippen molar-refractivity contribution < 1.29 is 58.1 Å². The standard InChI is InChI=1S/C36H50O12/c1-12-21-20(25(40)27(43-15(4)37)18-11-19-28(46-19)31(32(18,21)7)45-17(6)39)23-26(41)24-22(33(23,8)29(12)44-16(5)38)13(2)30-36(48-30)34(24,9)35(10,42)14(3)47-36/h12-13,18-31,40-42H,3,11H2,1-2,4-10H3/t12-,13-,18+,19-,20+,21?,22-,23+,24-,25+,26+,27-,28-,29-,30-,31-,32-,33+,34-,35+,36-/m0/s1. The summed E-state index contributed by atoms with van der Waals surface area (Å²) in [4.78, 5) is 38.4. The Morgan fingerprint density at radius 2 is 1.42 bits per heavy atom. The summed E-state index contributed by atoms with van der Waals surface area (Å²) in [7, 11) is 0.